The summed E-state index contributed by atoms with van der Waals surface area (Å²) in [5.74, 6) is 1.69. The Hall–Kier alpha value is -3.02. The van der Waals surface area contributed by atoms with Crippen LogP contribution < -0.4 is 19.7 Å². The minimum absolute atomic E-state index is 0.00475. The number of carbonyl (C=O) groups excluding carboxylic acids is 2. The van der Waals surface area contributed by atoms with Crippen LogP contribution in [0.5, 0.6) is 11.5 Å². The first-order valence-corrected chi connectivity index (χ1v) is 9.81. The van der Waals surface area contributed by atoms with E-state index in [9.17, 15) is 9.59 Å². The van der Waals surface area contributed by atoms with Crippen LogP contribution in [0.25, 0.3) is 0 Å². The van der Waals surface area contributed by atoms with Gasteiger partial charge in [0, 0.05) is 42.7 Å². The highest BCUT2D eigenvalue weighted by Crippen LogP contribution is 2.53. The molecular formula is C22H20N2O4. The van der Waals surface area contributed by atoms with E-state index in [4.69, 9.17) is 9.47 Å². The lowest BCUT2D eigenvalue weighted by Gasteiger charge is -2.25. The summed E-state index contributed by atoms with van der Waals surface area (Å²) in [7, 11) is 0. The van der Waals surface area contributed by atoms with E-state index in [1.165, 1.54) is 0 Å². The number of fused-ring (bicyclic) bond motifs is 5. The highest BCUT2D eigenvalue weighted by atomic mass is 16.5. The number of benzene rings is 2. The molecule has 0 bridgehead atoms. The molecule has 6 nitrogen and oxygen atoms in total. The summed E-state index contributed by atoms with van der Waals surface area (Å²) in [6, 6.07) is 12.0. The predicted octanol–water partition coefficient (Wildman–Crippen LogP) is 1.93. The minimum atomic E-state index is -0.813. The maximum Gasteiger partial charge on any atom is 0.245 e. The van der Waals surface area contributed by atoms with Gasteiger partial charge in [-0.25, -0.2) is 0 Å². The maximum absolute atomic E-state index is 13.8. The molecule has 2 atom stereocenters. The van der Waals surface area contributed by atoms with Crippen molar-refractivity contribution in [3.8, 4) is 11.5 Å². The van der Waals surface area contributed by atoms with Crippen molar-refractivity contribution in [3.63, 3.8) is 0 Å². The molecule has 4 aliphatic rings. The monoisotopic (exact) mass is 376 g/mol. The van der Waals surface area contributed by atoms with Gasteiger partial charge in [0.2, 0.25) is 11.8 Å². The van der Waals surface area contributed by atoms with Crippen molar-refractivity contribution < 1.29 is 19.1 Å². The van der Waals surface area contributed by atoms with Gasteiger partial charge in [0.15, 0.2) is 0 Å². The summed E-state index contributed by atoms with van der Waals surface area (Å²) < 4.78 is 11.7. The lowest BCUT2D eigenvalue weighted by molar-refractivity contribution is -0.122. The molecule has 4 heterocycles. The Morgan fingerprint density at radius 1 is 1.07 bits per heavy atom. The van der Waals surface area contributed by atoms with Gasteiger partial charge < -0.3 is 19.7 Å². The number of amides is 2. The Bertz CT molecular complexity index is 1030. The van der Waals surface area contributed by atoms with Crippen LogP contribution in [0.3, 0.4) is 0 Å². The van der Waals surface area contributed by atoms with Crippen molar-refractivity contribution in [1.29, 1.82) is 0 Å². The lowest BCUT2D eigenvalue weighted by atomic mass is 9.76. The zero-order valence-electron chi connectivity index (χ0n) is 15.4. The van der Waals surface area contributed by atoms with Crippen LogP contribution in [0.15, 0.2) is 36.4 Å². The first-order chi connectivity index (χ1) is 13.7. The second-order valence-electron chi connectivity index (χ2n) is 7.98. The number of anilines is 1. The van der Waals surface area contributed by atoms with Crippen LogP contribution >= 0.6 is 0 Å². The van der Waals surface area contributed by atoms with Gasteiger partial charge in [0.25, 0.3) is 0 Å². The van der Waals surface area contributed by atoms with E-state index in [1.807, 2.05) is 35.2 Å². The third-order valence-electron chi connectivity index (χ3n) is 6.45. The summed E-state index contributed by atoms with van der Waals surface area (Å²) in [6.45, 7) is 1.46. The minimum Gasteiger partial charge on any atom is -0.493 e. The fraction of sp³-hybridized carbons (Fsp3) is 0.364. The van der Waals surface area contributed by atoms with Gasteiger partial charge in [-0.3, -0.25) is 9.59 Å². The molecule has 0 saturated carbocycles. The van der Waals surface area contributed by atoms with E-state index in [0.29, 0.717) is 26.2 Å². The number of ether oxygens (including phenoxy) is 2. The van der Waals surface area contributed by atoms with Crippen molar-refractivity contribution in [2.75, 3.05) is 24.7 Å². The largest absolute Gasteiger partial charge is 0.493 e. The standard InChI is InChI=1S/C22H20N2O4/c25-20-6-5-14(23-20)11-24-17-4-2-1-3-15(17)22(21(24)26)12-28-19-10-18-13(7-8-27-18)9-16(19)22/h1-4,9-10,14H,5-8,11-12H2,(H,23,25). The molecular weight excluding hydrogens is 356 g/mol. The van der Waals surface area contributed by atoms with Crippen molar-refractivity contribution in [2.45, 2.75) is 30.7 Å². The molecule has 0 aromatic heterocycles. The molecule has 142 valence electrons. The van der Waals surface area contributed by atoms with E-state index < -0.39 is 5.41 Å². The summed E-state index contributed by atoms with van der Waals surface area (Å²) in [6.07, 6.45) is 2.14. The summed E-state index contributed by atoms with van der Waals surface area (Å²) in [5, 5.41) is 2.98. The van der Waals surface area contributed by atoms with E-state index in [0.717, 1.165) is 46.7 Å². The number of nitrogens with one attached hydrogen (secondary N) is 1. The third-order valence-corrected chi connectivity index (χ3v) is 6.45. The SMILES string of the molecule is O=C1CCC(CN2C(=O)C3(COc4cc5c(cc43)CCO5)c3ccccc32)N1. The van der Waals surface area contributed by atoms with Crippen molar-refractivity contribution in [3.05, 3.63) is 53.1 Å². The van der Waals surface area contributed by atoms with E-state index in [2.05, 4.69) is 11.4 Å². The Morgan fingerprint density at radius 3 is 2.82 bits per heavy atom. The van der Waals surface area contributed by atoms with Crippen LogP contribution in [0.1, 0.15) is 29.5 Å². The number of carbonyl (C=O) groups is 2. The van der Waals surface area contributed by atoms with Gasteiger partial charge >= 0.3 is 0 Å². The third kappa shape index (κ3) is 1.97. The predicted molar refractivity (Wildman–Crippen MR) is 102 cm³/mol. The second kappa shape index (κ2) is 5.50. The van der Waals surface area contributed by atoms with E-state index >= 15 is 0 Å². The molecule has 0 radical (unpaired) electrons. The number of para-hydroxylation sites is 1. The Morgan fingerprint density at radius 2 is 1.96 bits per heavy atom. The zero-order valence-corrected chi connectivity index (χ0v) is 15.4. The average molecular weight is 376 g/mol. The number of hydrogen-bond acceptors (Lipinski definition) is 4. The number of nitrogens with zero attached hydrogens (tertiary/aromatic N) is 1. The van der Waals surface area contributed by atoms with Crippen LogP contribution in [0, 0.1) is 0 Å². The van der Waals surface area contributed by atoms with Gasteiger partial charge in [-0.1, -0.05) is 18.2 Å². The first kappa shape index (κ1) is 16.0. The highest BCUT2D eigenvalue weighted by Gasteiger charge is 2.57. The molecule has 28 heavy (non-hydrogen) atoms. The van der Waals surface area contributed by atoms with Crippen molar-refractivity contribution in [2.24, 2.45) is 0 Å². The van der Waals surface area contributed by atoms with Crippen molar-refractivity contribution in [1.82, 2.24) is 5.32 Å². The van der Waals surface area contributed by atoms with Gasteiger partial charge in [-0.2, -0.15) is 0 Å². The molecule has 2 amide bonds. The smallest absolute Gasteiger partial charge is 0.245 e. The Balaban J connectivity index is 1.47. The van der Waals surface area contributed by atoms with Gasteiger partial charge in [0.1, 0.15) is 23.5 Å². The Labute approximate surface area is 162 Å². The van der Waals surface area contributed by atoms with Crippen LogP contribution in [-0.4, -0.2) is 37.6 Å². The zero-order chi connectivity index (χ0) is 18.9. The lowest BCUT2D eigenvalue weighted by Crippen LogP contribution is -2.46. The molecule has 6 heteroatoms. The molecule has 2 unspecified atom stereocenters. The summed E-state index contributed by atoms with van der Waals surface area (Å²) in [5.41, 5.74) is 3.16. The highest BCUT2D eigenvalue weighted by molar-refractivity contribution is 6.11. The fourth-order valence-electron chi connectivity index (χ4n) is 5.06. The fourth-order valence-corrected chi connectivity index (χ4v) is 5.06. The molecule has 1 spiro atoms. The normalized spacial score (nSPS) is 26.7. The topological polar surface area (TPSA) is 67.9 Å². The van der Waals surface area contributed by atoms with Crippen molar-refractivity contribution >= 4 is 17.5 Å². The Kier molecular flexibility index (Phi) is 3.14. The van der Waals surface area contributed by atoms with E-state index in [-0.39, 0.29) is 17.9 Å². The second-order valence-corrected chi connectivity index (χ2v) is 7.98. The van der Waals surface area contributed by atoms with Gasteiger partial charge in [-0.05, 0) is 29.7 Å². The maximum atomic E-state index is 13.8. The summed E-state index contributed by atoms with van der Waals surface area (Å²) >= 11 is 0. The molecule has 6 rings (SSSR count). The first-order valence-electron chi connectivity index (χ1n) is 9.81. The van der Waals surface area contributed by atoms with Gasteiger partial charge in [-0.15, -0.1) is 0 Å². The van der Waals surface area contributed by atoms with Gasteiger partial charge in [0.05, 0.1) is 6.61 Å². The number of rotatable bonds is 2. The molecule has 2 aromatic carbocycles. The molecule has 4 aliphatic heterocycles. The molecule has 1 saturated heterocycles. The van der Waals surface area contributed by atoms with E-state index in [1.54, 1.807) is 0 Å². The molecule has 0 aliphatic carbocycles. The molecule has 1 fully saturated rings. The van der Waals surface area contributed by atoms with Crippen LogP contribution in [-0.2, 0) is 21.4 Å². The average Bonchev–Trinajstić information content (AvgIpc) is 3.45. The van der Waals surface area contributed by atoms with Crippen LogP contribution in [0.2, 0.25) is 0 Å². The summed E-state index contributed by atoms with van der Waals surface area (Å²) in [4.78, 5) is 27.3. The van der Waals surface area contributed by atoms with Crippen LogP contribution in [0.4, 0.5) is 5.69 Å². The molecule has 2 aromatic rings. The number of hydrogen-bond donors (Lipinski definition) is 1. The molecule has 1 N–H and O–H groups in total. The quantitative estimate of drug-likeness (QED) is 0.870.